The van der Waals surface area contributed by atoms with Crippen LogP contribution in [-0.4, -0.2) is 41.3 Å². The molecule has 1 saturated heterocycles. The molecule has 1 aliphatic rings. The Morgan fingerprint density at radius 1 is 1.21 bits per heavy atom. The summed E-state index contributed by atoms with van der Waals surface area (Å²) in [5.74, 6) is 1.02. The second kappa shape index (κ2) is 5.40. The molecule has 19 heavy (non-hydrogen) atoms. The maximum Gasteiger partial charge on any atom is 0.129 e. The van der Waals surface area contributed by atoms with Crippen molar-refractivity contribution in [2.45, 2.75) is 12.8 Å². The van der Waals surface area contributed by atoms with Gasteiger partial charge in [-0.3, -0.25) is 4.98 Å². The molecule has 0 unspecified atom stereocenters. The van der Waals surface area contributed by atoms with Crippen molar-refractivity contribution in [3.8, 4) is 0 Å². The zero-order valence-corrected chi connectivity index (χ0v) is 10.8. The summed E-state index contributed by atoms with van der Waals surface area (Å²) in [5, 5.41) is 12.1. The van der Waals surface area contributed by atoms with Crippen LogP contribution in [0.2, 0.25) is 0 Å². The molecule has 2 aromatic rings. The predicted molar refractivity (Wildman–Crippen MR) is 76.6 cm³/mol. The van der Waals surface area contributed by atoms with E-state index in [-0.39, 0.29) is 6.61 Å². The van der Waals surface area contributed by atoms with E-state index in [0.29, 0.717) is 6.54 Å². The number of nitrogens with zero attached hydrogens (tertiary/aromatic N) is 3. The van der Waals surface area contributed by atoms with E-state index in [2.05, 4.69) is 15.2 Å². The predicted octanol–water partition coefficient (Wildman–Crippen LogP) is 1.63. The lowest BCUT2D eigenvalue weighted by Gasteiger charge is -2.17. The van der Waals surface area contributed by atoms with E-state index in [9.17, 15) is 0 Å². The lowest BCUT2D eigenvalue weighted by atomic mass is 10.2. The van der Waals surface area contributed by atoms with Crippen LogP contribution in [0.1, 0.15) is 12.8 Å². The molecule has 5 nitrogen and oxygen atoms in total. The molecule has 0 aromatic carbocycles. The maximum atomic E-state index is 8.92. The van der Waals surface area contributed by atoms with Gasteiger partial charge in [0.05, 0.1) is 17.8 Å². The first-order chi connectivity index (χ1) is 9.38. The highest BCUT2D eigenvalue weighted by Crippen LogP contribution is 2.24. The fraction of sp³-hybridized carbons (Fsp3) is 0.429. The van der Waals surface area contributed by atoms with Crippen molar-refractivity contribution in [2.75, 3.05) is 36.5 Å². The number of rotatable bonds is 4. The summed E-state index contributed by atoms with van der Waals surface area (Å²) in [6.07, 6.45) is 4.24. The second-order valence-corrected chi connectivity index (χ2v) is 4.74. The zero-order valence-electron chi connectivity index (χ0n) is 10.8. The number of fused-ring (bicyclic) bond motifs is 1. The minimum atomic E-state index is 0.107. The third-order valence-electron chi connectivity index (χ3n) is 3.43. The number of hydrogen-bond acceptors (Lipinski definition) is 5. The molecule has 0 saturated carbocycles. The average molecular weight is 258 g/mol. The van der Waals surface area contributed by atoms with E-state index in [1.807, 2.05) is 18.2 Å². The first-order valence-corrected chi connectivity index (χ1v) is 6.74. The topological polar surface area (TPSA) is 61.3 Å². The van der Waals surface area contributed by atoms with Crippen molar-refractivity contribution in [2.24, 2.45) is 0 Å². The van der Waals surface area contributed by atoms with Crippen LogP contribution in [-0.2, 0) is 0 Å². The molecule has 0 atom stereocenters. The number of nitrogens with one attached hydrogen (secondary N) is 1. The van der Waals surface area contributed by atoms with Crippen molar-refractivity contribution in [1.82, 2.24) is 9.97 Å². The van der Waals surface area contributed by atoms with E-state index in [1.54, 1.807) is 6.20 Å². The zero-order chi connectivity index (χ0) is 13.1. The summed E-state index contributed by atoms with van der Waals surface area (Å²) in [6.45, 7) is 2.79. The van der Waals surface area contributed by atoms with Gasteiger partial charge in [0.15, 0.2) is 0 Å². The minimum absolute atomic E-state index is 0.107. The van der Waals surface area contributed by atoms with Gasteiger partial charge in [-0.2, -0.15) is 0 Å². The van der Waals surface area contributed by atoms with Crippen LogP contribution >= 0.6 is 0 Å². The van der Waals surface area contributed by atoms with Gasteiger partial charge in [0.1, 0.15) is 11.3 Å². The van der Waals surface area contributed by atoms with Gasteiger partial charge >= 0.3 is 0 Å². The molecular formula is C14H18N4O. The Labute approximate surface area is 112 Å². The molecule has 1 fully saturated rings. The molecular weight excluding hydrogens is 240 g/mol. The van der Waals surface area contributed by atoms with Gasteiger partial charge in [-0.05, 0) is 31.0 Å². The van der Waals surface area contributed by atoms with Crippen molar-refractivity contribution in [3.05, 3.63) is 24.4 Å². The number of aliphatic hydroxyl groups is 1. The summed E-state index contributed by atoms with van der Waals surface area (Å²) in [6, 6.07) is 5.95. The SMILES string of the molecule is OCCNc1ccnc2ccc(N3CCCC3)nc12. The van der Waals surface area contributed by atoms with Gasteiger partial charge in [-0.25, -0.2) is 4.98 Å². The fourth-order valence-electron chi connectivity index (χ4n) is 2.47. The van der Waals surface area contributed by atoms with E-state index in [4.69, 9.17) is 10.1 Å². The molecule has 2 N–H and O–H groups in total. The summed E-state index contributed by atoms with van der Waals surface area (Å²) >= 11 is 0. The Morgan fingerprint density at radius 2 is 2.05 bits per heavy atom. The number of aliphatic hydroxyl groups excluding tert-OH is 1. The molecule has 100 valence electrons. The van der Waals surface area contributed by atoms with Gasteiger partial charge < -0.3 is 15.3 Å². The fourth-order valence-corrected chi connectivity index (χ4v) is 2.47. The molecule has 5 heteroatoms. The quantitative estimate of drug-likeness (QED) is 0.873. The highest BCUT2D eigenvalue weighted by atomic mass is 16.3. The first-order valence-electron chi connectivity index (χ1n) is 6.74. The monoisotopic (exact) mass is 258 g/mol. The van der Waals surface area contributed by atoms with Crippen molar-refractivity contribution in [3.63, 3.8) is 0 Å². The Bertz CT molecular complexity index is 566. The third-order valence-corrected chi connectivity index (χ3v) is 3.43. The molecule has 0 aliphatic carbocycles. The number of pyridine rings is 2. The highest BCUT2D eigenvalue weighted by molar-refractivity contribution is 5.88. The lowest BCUT2D eigenvalue weighted by Crippen LogP contribution is -2.19. The molecule has 0 spiro atoms. The van der Waals surface area contributed by atoms with Crippen molar-refractivity contribution in [1.29, 1.82) is 0 Å². The van der Waals surface area contributed by atoms with E-state index in [0.717, 1.165) is 35.6 Å². The Balaban J connectivity index is 1.99. The van der Waals surface area contributed by atoms with Crippen LogP contribution in [0, 0.1) is 0 Å². The van der Waals surface area contributed by atoms with E-state index < -0.39 is 0 Å². The summed E-state index contributed by atoms with van der Waals surface area (Å²) < 4.78 is 0. The van der Waals surface area contributed by atoms with E-state index >= 15 is 0 Å². The second-order valence-electron chi connectivity index (χ2n) is 4.74. The summed E-state index contributed by atoms with van der Waals surface area (Å²) in [5.41, 5.74) is 2.69. The van der Waals surface area contributed by atoms with Crippen LogP contribution < -0.4 is 10.2 Å². The van der Waals surface area contributed by atoms with Gasteiger partial charge in [0.25, 0.3) is 0 Å². The molecule has 1 aliphatic heterocycles. The first kappa shape index (κ1) is 12.2. The van der Waals surface area contributed by atoms with Gasteiger partial charge in [0.2, 0.25) is 0 Å². The van der Waals surface area contributed by atoms with Crippen LogP contribution in [0.15, 0.2) is 24.4 Å². The molecule has 3 heterocycles. The van der Waals surface area contributed by atoms with Crippen molar-refractivity contribution >= 4 is 22.5 Å². The highest BCUT2D eigenvalue weighted by Gasteiger charge is 2.14. The average Bonchev–Trinajstić information content (AvgIpc) is 2.98. The smallest absolute Gasteiger partial charge is 0.129 e. The molecule has 0 radical (unpaired) electrons. The largest absolute Gasteiger partial charge is 0.395 e. The Morgan fingerprint density at radius 3 is 2.84 bits per heavy atom. The number of aromatic nitrogens is 2. The third kappa shape index (κ3) is 2.46. The van der Waals surface area contributed by atoms with Gasteiger partial charge in [-0.1, -0.05) is 0 Å². The number of anilines is 2. The lowest BCUT2D eigenvalue weighted by molar-refractivity contribution is 0.311. The standard InChI is InChI=1S/C14H18N4O/c19-10-7-16-12-5-6-15-11-3-4-13(17-14(11)12)18-8-1-2-9-18/h3-6,19H,1-2,7-10H2,(H,15,16). The Kier molecular flexibility index (Phi) is 3.46. The molecule has 3 rings (SSSR count). The van der Waals surface area contributed by atoms with Crippen molar-refractivity contribution < 1.29 is 5.11 Å². The van der Waals surface area contributed by atoms with E-state index in [1.165, 1.54) is 12.8 Å². The normalized spacial score (nSPS) is 15.1. The molecule has 2 aromatic heterocycles. The molecule has 0 bridgehead atoms. The van der Waals surface area contributed by atoms with Crippen LogP contribution in [0.5, 0.6) is 0 Å². The molecule has 0 amide bonds. The summed E-state index contributed by atoms with van der Waals surface area (Å²) in [7, 11) is 0. The van der Waals surface area contributed by atoms with Gasteiger partial charge in [0, 0.05) is 25.8 Å². The summed E-state index contributed by atoms with van der Waals surface area (Å²) in [4.78, 5) is 11.4. The van der Waals surface area contributed by atoms with Crippen LogP contribution in [0.25, 0.3) is 11.0 Å². The number of hydrogen-bond donors (Lipinski definition) is 2. The minimum Gasteiger partial charge on any atom is -0.395 e. The Hall–Kier alpha value is -1.88. The maximum absolute atomic E-state index is 8.92. The van der Waals surface area contributed by atoms with Crippen LogP contribution in [0.3, 0.4) is 0 Å². The van der Waals surface area contributed by atoms with Crippen LogP contribution in [0.4, 0.5) is 11.5 Å². The van der Waals surface area contributed by atoms with Gasteiger partial charge in [-0.15, -0.1) is 0 Å².